The fraction of sp³-hybridized carbons (Fsp3) is 0. The number of carbonyl (C=O) groups excluding carboxylic acids is 6. The third-order valence-electron chi connectivity index (χ3n) is 20.4. The number of para-hydroxylation sites is 2. The summed E-state index contributed by atoms with van der Waals surface area (Å²) in [6.45, 7) is -1.92. The molecule has 0 N–H and O–H groups in total. The Morgan fingerprint density at radius 1 is 0.353 bits per heavy atom. The zero-order valence-corrected chi connectivity index (χ0v) is 63.3. The number of anilines is 2. The van der Waals surface area contributed by atoms with Gasteiger partial charge < -0.3 is 18.4 Å². The summed E-state index contributed by atoms with van der Waals surface area (Å²) < 4.78 is 17.0. The molecule has 0 radical (unpaired) electrons. The highest BCUT2D eigenvalue weighted by Crippen LogP contribution is 2.41. The van der Waals surface area contributed by atoms with Crippen LogP contribution in [-0.4, -0.2) is 78.2 Å². The number of nitriles is 2. The van der Waals surface area contributed by atoms with Gasteiger partial charge in [-0.15, -0.1) is 0 Å². The van der Waals surface area contributed by atoms with E-state index in [1.54, 1.807) is 121 Å². The Morgan fingerprint density at radius 3 is 1.01 bits per heavy atom. The second kappa shape index (κ2) is 30.1. The van der Waals surface area contributed by atoms with Crippen molar-refractivity contribution in [2.45, 2.75) is 0 Å². The quantitative estimate of drug-likeness (QED) is 0.0379. The molecule has 0 fully saturated rings. The van der Waals surface area contributed by atoms with Crippen LogP contribution in [0.15, 0.2) is 304 Å². The van der Waals surface area contributed by atoms with E-state index < -0.39 is 49.3 Å². The van der Waals surface area contributed by atoms with E-state index in [4.69, 9.17) is 75.8 Å². The molecule has 4 aromatic heterocycles. The van der Waals surface area contributed by atoms with E-state index in [1.807, 2.05) is 142 Å². The topological polar surface area (TPSA) is 236 Å². The Kier molecular flexibility index (Phi) is 18.9. The maximum Gasteiger partial charge on any atom is 0.343 e. The summed E-state index contributed by atoms with van der Waals surface area (Å²) in [6, 6.07) is 88.8. The van der Waals surface area contributed by atoms with Crippen molar-refractivity contribution in [2.24, 2.45) is 0 Å². The Hall–Kier alpha value is -14.6. The molecule has 0 bridgehead atoms. The molecule has 0 atom stereocenters. The van der Waals surface area contributed by atoms with Gasteiger partial charge in [-0.3, -0.25) is 29.1 Å². The summed E-state index contributed by atoms with van der Waals surface area (Å²) in [5.74, 6) is -4.17. The molecule has 0 saturated heterocycles. The van der Waals surface area contributed by atoms with E-state index in [0.717, 1.165) is 9.80 Å². The number of carbonyl (C=O) groups is 6. The Balaban J connectivity index is 0.986. The Bertz CT molecular complexity index is 6590. The predicted octanol–water partition coefficient (Wildman–Crippen LogP) is 15.1. The van der Waals surface area contributed by atoms with Crippen LogP contribution in [0.4, 0.5) is 11.4 Å². The second-order valence-electron chi connectivity index (χ2n) is 27.2. The summed E-state index contributed by atoms with van der Waals surface area (Å²) in [5, 5.41) is 27.3. The third kappa shape index (κ3) is 12.9. The van der Waals surface area contributed by atoms with Crippen LogP contribution in [0.25, 0.3) is 66.5 Å². The normalized spacial score (nSPS) is 12.8. The molecule has 18 nitrogen and oxygen atoms in total. The van der Waals surface area contributed by atoms with Crippen molar-refractivity contribution in [2.75, 3.05) is 9.80 Å². The van der Waals surface area contributed by atoms with Gasteiger partial charge in [0.05, 0.1) is 110 Å². The van der Waals surface area contributed by atoms with Gasteiger partial charge in [0.2, 0.25) is 0 Å². The van der Waals surface area contributed by atoms with Gasteiger partial charge >= 0.3 is 25.6 Å². The molecule has 0 unspecified atom stereocenters. The number of nitrogens with zero attached hydrogens (tertiary/aromatic N) is 10. The molecule has 0 spiro atoms. The summed E-state index contributed by atoms with van der Waals surface area (Å²) in [6.07, 6.45) is 2.95. The predicted molar refractivity (Wildman–Crippen MR) is 450 cm³/mol. The van der Waals surface area contributed by atoms with E-state index in [0.29, 0.717) is 77.5 Å². The molecule has 116 heavy (non-hydrogen) atoms. The number of hydrogen-bond acceptors (Lipinski definition) is 14. The molecule has 0 aliphatic carbocycles. The van der Waals surface area contributed by atoms with Gasteiger partial charge in [0.25, 0.3) is 23.6 Å². The lowest BCUT2D eigenvalue weighted by atomic mass is 9.50. The number of rotatable bonds is 16. The number of fused-ring (bicyclic) bond motifs is 5. The minimum Gasteiger partial charge on any atom is -0.423 e. The molecule has 16 aromatic rings. The number of ether oxygens (including phenoxy) is 2. The van der Waals surface area contributed by atoms with Crippen molar-refractivity contribution in [3.05, 3.63) is 379 Å². The van der Waals surface area contributed by atoms with Crippen LogP contribution >= 0.6 is 46.4 Å². The first-order valence-corrected chi connectivity index (χ1v) is 37.7. The zero-order chi connectivity index (χ0) is 79.6. The van der Waals surface area contributed by atoms with Crippen molar-refractivity contribution >= 4 is 173 Å². The molecule has 2 aliphatic rings. The number of imide groups is 2. The van der Waals surface area contributed by atoms with Crippen LogP contribution in [0.1, 0.15) is 73.5 Å². The van der Waals surface area contributed by atoms with Gasteiger partial charge in [0.1, 0.15) is 46.2 Å². The van der Waals surface area contributed by atoms with E-state index in [1.165, 1.54) is 48.8 Å². The number of aromatic nitrogens is 6. The molecular formula is C92H50B2Cl4N10O8. The molecule has 2 aliphatic heterocycles. The molecule has 12 aromatic carbocycles. The molecule has 6 heterocycles. The van der Waals surface area contributed by atoms with Gasteiger partial charge in [0.15, 0.2) is 0 Å². The molecule has 550 valence electrons. The monoisotopic (exact) mass is 1580 g/mol. The second-order valence-corrected chi connectivity index (χ2v) is 28.9. The smallest absolute Gasteiger partial charge is 0.343 e. The van der Waals surface area contributed by atoms with Gasteiger partial charge in [-0.05, 0) is 109 Å². The molecular weight excluding hydrogens is 1540 g/mol. The average Bonchev–Trinajstić information content (AvgIpc) is 1.52. The Labute approximate surface area is 681 Å². The first-order valence-electron chi connectivity index (χ1n) is 36.2. The van der Waals surface area contributed by atoms with Crippen LogP contribution in [0.2, 0.25) is 20.1 Å². The zero-order valence-electron chi connectivity index (χ0n) is 60.3. The van der Waals surface area contributed by atoms with Crippen molar-refractivity contribution < 1.29 is 38.2 Å². The highest BCUT2D eigenvalue weighted by atomic mass is 35.5. The largest absolute Gasteiger partial charge is 0.423 e. The standard InChI is InChI=1S/C92H50B2Cl4N10O8/c95-71-45-75-77(47-73(71)97)103-79(51-101-75)69(49-99)85-82-81(83(107(85)93(57-23-7-1-8-24-57)58-25-9-2-10-26-58)53-21-19-35-63(41-53)115-91(113)55-37-39-65-67(43-55)89(111)105(87(65)109)61-31-15-5-16-32-61)86(70(50-100)80-52-102-76-46-72(96)74(98)48-78(76)104-80)108(94(59-27-11-3-12-28-59)60-29-13-4-14-30-60)84(82)54-22-20-36-64(42-54)116-92(114)56-38-40-66-68(44-56)90(112)106(88(66)110)62-33-17-6-18-34-62/h1-48,51-52H/b85-69-,86-70-. The molecule has 24 heteroatoms. The number of amides is 4. The minimum absolute atomic E-state index is 0.00407. The minimum atomic E-state index is -0.958. The van der Waals surface area contributed by atoms with E-state index in [9.17, 15) is 29.7 Å². The highest BCUT2D eigenvalue weighted by Gasteiger charge is 2.41. The van der Waals surface area contributed by atoms with E-state index in [2.05, 4.69) is 12.1 Å². The molecule has 0 saturated carbocycles. The number of benzene rings is 12. The number of halogens is 4. The first-order chi connectivity index (χ1) is 56.6. The molecule has 18 rings (SSSR count). The van der Waals surface area contributed by atoms with E-state index >= 15 is 9.59 Å². The van der Waals surface area contributed by atoms with Crippen LogP contribution in [0.5, 0.6) is 11.5 Å². The lowest BCUT2D eigenvalue weighted by Crippen LogP contribution is -2.54. The van der Waals surface area contributed by atoms with Gasteiger partial charge in [-0.2, -0.15) is 10.5 Å². The van der Waals surface area contributed by atoms with Crippen LogP contribution in [0, 0.1) is 22.7 Å². The number of esters is 2. The van der Waals surface area contributed by atoms with Crippen LogP contribution < -0.4 is 51.8 Å². The summed E-state index contributed by atoms with van der Waals surface area (Å²) >= 11 is 27.0. The third-order valence-corrected chi connectivity index (χ3v) is 21.9. The fourth-order valence-corrected chi connectivity index (χ4v) is 16.0. The van der Waals surface area contributed by atoms with Gasteiger partial charge in [-0.1, -0.05) is 250 Å². The van der Waals surface area contributed by atoms with Gasteiger partial charge in [-0.25, -0.2) is 29.4 Å². The summed E-state index contributed by atoms with van der Waals surface area (Å²) in [5.41, 5.74) is 6.12. The lowest BCUT2D eigenvalue weighted by molar-refractivity contribution is 0.0725. The van der Waals surface area contributed by atoms with Gasteiger partial charge in [0, 0.05) is 33.3 Å². The van der Waals surface area contributed by atoms with E-state index in [-0.39, 0.29) is 109 Å². The van der Waals surface area contributed by atoms with Crippen molar-refractivity contribution in [3.63, 3.8) is 0 Å². The fourth-order valence-electron chi connectivity index (χ4n) is 15.3. The summed E-state index contributed by atoms with van der Waals surface area (Å²) in [4.78, 5) is 109. The SMILES string of the molecule is N#C/C(c1cnc2cc(Cl)c(Cl)cc2n1)=c1\c2c(-c3cccc(OC(=O)c4ccc5c(c4)C(=O)N(c4ccccc4)C5=O)c3)n(B(c3ccccc3)c3ccccc3)/c(=C(/C#N)c3cnc4cc(Cl)c(Cl)cc4n3)c2c(-c2cccc(OC(=O)c3ccc4c(c3)C(=O)N(c3ccccc3)C4=O)c2)n1B(c1ccccc1)c1ccccc1. The molecule has 4 amide bonds. The maximum atomic E-state index is 15.1. The lowest BCUT2D eigenvalue weighted by Gasteiger charge is -2.24. The van der Waals surface area contributed by atoms with Crippen LogP contribution in [0.3, 0.4) is 0 Å². The highest BCUT2D eigenvalue weighted by molar-refractivity contribution is 6.85. The maximum absolute atomic E-state index is 15.1. The van der Waals surface area contributed by atoms with Crippen molar-refractivity contribution in [1.29, 1.82) is 10.5 Å². The average molecular weight is 1590 g/mol. The van der Waals surface area contributed by atoms with Crippen LogP contribution in [-0.2, 0) is 0 Å². The van der Waals surface area contributed by atoms with Crippen molar-refractivity contribution in [1.82, 2.24) is 28.9 Å². The first kappa shape index (κ1) is 72.9. The number of hydrogen-bond donors (Lipinski definition) is 0. The summed E-state index contributed by atoms with van der Waals surface area (Å²) in [7, 11) is 0. The van der Waals surface area contributed by atoms with Crippen molar-refractivity contribution in [3.8, 4) is 46.2 Å². The Morgan fingerprint density at radius 2 is 0.672 bits per heavy atom.